The Hall–Kier alpha value is -2.79. The van der Waals surface area contributed by atoms with Gasteiger partial charge in [-0.25, -0.2) is 4.99 Å². The van der Waals surface area contributed by atoms with Crippen LogP contribution in [0.3, 0.4) is 0 Å². The fourth-order valence-electron chi connectivity index (χ4n) is 4.05. The highest BCUT2D eigenvalue weighted by atomic mass is 32.2. The summed E-state index contributed by atoms with van der Waals surface area (Å²) in [6, 6.07) is 12.7. The second-order valence-electron chi connectivity index (χ2n) is 7.77. The maximum absolute atomic E-state index is 5.01. The van der Waals surface area contributed by atoms with Crippen LogP contribution in [0.25, 0.3) is 11.3 Å². The van der Waals surface area contributed by atoms with Crippen molar-refractivity contribution >= 4 is 29.0 Å². The zero-order chi connectivity index (χ0) is 21.1. The van der Waals surface area contributed by atoms with Crippen LogP contribution in [0.2, 0.25) is 0 Å². The quantitative estimate of drug-likeness (QED) is 0.626. The Bertz CT molecular complexity index is 1010. The van der Waals surface area contributed by atoms with E-state index in [0.29, 0.717) is 5.92 Å². The van der Waals surface area contributed by atoms with Crippen molar-refractivity contribution in [3.8, 4) is 0 Å². The molecule has 2 aliphatic heterocycles. The molecule has 3 heterocycles. The van der Waals surface area contributed by atoms with Gasteiger partial charge in [-0.15, -0.1) is 11.8 Å². The van der Waals surface area contributed by atoms with E-state index >= 15 is 0 Å². The van der Waals surface area contributed by atoms with Crippen molar-refractivity contribution in [2.45, 2.75) is 17.7 Å². The Morgan fingerprint density at radius 3 is 2.77 bits per heavy atom. The minimum Gasteiger partial charge on any atom is -0.342 e. The molecule has 1 aromatic carbocycles. The molecule has 1 fully saturated rings. The van der Waals surface area contributed by atoms with Crippen molar-refractivity contribution in [3.63, 3.8) is 0 Å². The molecule has 0 saturated carbocycles. The van der Waals surface area contributed by atoms with Crippen LogP contribution in [-0.4, -0.2) is 47.1 Å². The monoisotopic (exact) mass is 416 g/mol. The summed E-state index contributed by atoms with van der Waals surface area (Å²) >= 11 is 1.77. The molecule has 154 valence electrons. The first-order valence-electron chi connectivity index (χ1n) is 10.3. The molecule has 0 radical (unpaired) electrons. The average Bonchev–Trinajstić information content (AvgIpc) is 2.81. The number of rotatable bonds is 4. The lowest BCUT2D eigenvalue weighted by Crippen LogP contribution is -2.47. The maximum atomic E-state index is 5.01. The number of allylic oxidation sites excluding steroid dienone is 1. The van der Waals surface area contributed by atoms with E-state index in [1.165, 1.54) is 16.0 Å². The number of pyridine rings is 1. The van der Waals surface area contributed by atoms with Crippen molar-refractivity contribution < 1.29 is 0 Å². The molecule has 0 spiro atoms. The Labute approximate surface area is 183 Å². The van der Waals surface area contributed by atoms with Crippen LogP contribution in [0.5, 0.6) is 0 Å². The molecule has 0 aliphatic carbocycles. The van der Waals surface area contributed by atoms with E-state index in [1.807, 2.05) is 25.3 Å². The van der Waals surface area contributed by atoms with E-state index in [9.17, 15) is 0 Å². The zero-order valence-corrected chi connectivity index (χ0v) is 18.5. The summed E-state index contributed by atoms with van der Waals surface area (Å²) in [5.41, 5.74) is 5.40. The number of hydrogen-bond donors (Lipinski definition) is 0. The van der Waals surface area contributed by atoms with Gasteiger partial charge in [0.1, 0.15) is 0 Å². The van der Waals surface area contributed by atoms with Crippen LogP contribution < -0.4 is 0 Å². The molecule has 1 aromatic heterocycles. The van der Waals surface area contributed by atoms with Gasteiger partial charge in [0.2, 0.25) is 5.96 Å². The molecule has 1 atom stereocenters. The van der Waals surface area contributed by atoms with Gasteiger partial charge in [-0.2, -0.15) is 0 Å². The lowest BCUT2D eigenvalue weighted by molar-refractivity contribution is 0.275. The van der Waals surface area contributed by atoms with Crippen LogP contribution in [0.1, 0.15) is 24.0 Å². The highest BCUT2D eigenvalue weighted by Crippen LogP contribution is 2.33. The van der Waals surface area contributed by atoms with Gasteiger partial charge < -0.3 is 9.80 Å². The summed E-state index contributed by atoms with van der Waals surface area (Å²) in [6.45, 7) is 10.6. The minimum absolute atomic E-state index is 0.413. The predicted octanol–water partition coefficient (Wildman–Crippen LogP) is 5.38. The zero-order valence-electron chi connectivity index (χ0n) is 17.7. The maximum Gasteiger partial charge on any atom is 0.206 e. The van der Waals surface area contributed by atoms with Crippen molar-refractivity contribution in [2.24, 2.45) is 10.9 Å². The van der Waals surface area contributed by atoms with Crippen LogP contribution in [0.15, 0.2) is 83.6 Å². The summed E-state index contributed by atoms with van der Waals surface area (Å²) < 4.78 is 0. The van der Waals surface area contributed by atoms with E-state index in [0.717, 1.165) is 48.8 Å². The van der Waals surface area contributed by atoms with Crippen LogP contribution in [0.4, 0.5) is 0 Å². The Morgan fingerprint density at radius 1 is 1.20 bits per heavy atom. The molecule has 0 bridgehead atoms. The fourth-order valence-corrected chi connectivity index (χ4v) is 4.51. The van der Waals surface area contributed by atoms with Gasteiger partial charge >= 0.3 is 0 Å². The van der Waals surface area contributed by atoms with E-state index in [-0.39, 0.29) is 0 Å². The minimum atomic E-state index is 0.413. The number of piperidine rings is 1. The molecule has 5 heteroatoms. The Kier molecular flexibility index (Phi) is 6.09. The number of likely N-dealkylation sites (tertiary alicyclic amines) is 1. The average molecular weight is 417 g/mol. The smallest absolute Gasteiger partial charge is 0.206 e. The number of guanidine groups is 1. The second-order valence-corrected chi connectivity index (χ2v) is 8.65. The van der Waals surface area contributed by atoms with Crippen LogP contribution in [0, 0.1) is 5.92 Å². The molecular formula is C25H28N4S. The fraction of sp³-hybridized carbons (Fsp3) is 0.280. The first kappa shape index (κ1) is 20.5. The van der Waals surface area contributed by atoms with E-state index < -0.39 is 0 Å². The highest BCUT2D eigenvalue weighted by Gasteiger charge is 2.29. The van der Waals surface area contributed by atoms with Crippen molar-refractivity contribution in [1.29, 1.82) is 0 Å². The lowest BCUT2D eigenvalue weighted by atomic mass is 9.87. The molecule has 1 saturated heterocycles. The Morgan fingerprint density at radius 2 is 2.00 bits per heavy atom. The van der Waals surface area contributed by atoms with Crippen molar-refractivity contribution in [2.75, 3.05) is 26.4 Å². The Balaban J connectivity index is 1.57. The number of benzene rings is 1. The topological polar surface area (TPSA) is 31.7 Å². The van der Waals surface area contributed by atoms with Crippen molar-refractivity contribution in [1.82, 2.24) is 14.8 Å². The van der Waals surface area contributed by atoms with E-state index in [2.05, 4.69) is 58.5 Å². The molecular weight excluding hydrogens is 388 g/mol. The summed E-state index contributed by atoms with van der Waals surface area (Å²) in [5.74, 6) is 1.38. The predicted molar refractivity (Wildman–Crippen MR) is 128 cm³/mol. The summed E-state index contributed by atoms with van der Waals surface area (Å²) in [4.78, 5) is 14.9. The summed E-state index contributed by atoms with van der Waals surface area (Å²) in [6.07, 6.45) is 10.0. The van der Waals surface area contributed by atoms with Gasteiger partial charge in [0.15, 0.2) is 0 Å². The number of aliphatic imine (C=N–C) groups is 1. The molecule has 30 heavy (non-hydrogen) atoms. The molecule has 1 unspecified atom stereocenters. The SMILES string of the molecule is C=C(c1cccc(SC)c1)C1CCCN(C2=NC(c3ccncc3)=CC(=C)N2C)C1. The third-order valence-electron chi connectivity index (χ3n) is 5.87. The number of hydrogen-bond acceptors (Lipinski definition) is 5. The first-order valence-corrected chi connectivity index (χ1v) is 11.5. The normalized spacial score (nSPS) is 19.4. The standard InChI is InChI=1S/C25H28N4S/c1-18-15-24(20-10-12-26-13-11-20)27-25(28(18)3)29-14-6-8-22(17-29)19(2)21-7-5-9-23(16-21)30-4/h5,7,9-13,15-16,22H,1-2,6,8,14,17H2,3-4H3. The van der Waals surface area contributed by atoms with Gasteiger partial charge in [0, 0.05) is 54.6 Å². The number of likely N-dealkylation sites (N-methyl/N-ethyl adjacent to an activating group) is 1. The van der Waals surface area contributed by atoms with Gasteiger partial charge in [0.05, 0.1) is 5.70 Å². The van der Waals surface area contributed by atoms with E-state index in [1.54, 1.807) is 24.2 Å². The third kappa shape index (κ3) is 4.21. The summed E-state index contributed by atoms with van der Waals surface area (Å²) in [5, 5.41) is 0. The highest BCUT2D eigenvalue weighted by molar-refractivity contribution is 7.98. The molecule has 0 N–H and O–H groups in total. The van der Waals surface area contributed by atoms with Crippen LogP contribution in [-0.2, 0) is 0 Å². The molecule has 2 aromatic rings. The van der Waals surface area contributed by atoms with Crippen molar-refractivity contribution in [3.05, 3.63) is 84.8 Å². The molecule has 4 rings (SSSR count). The van der Waals surface area contributed by atoms with Gasteiger partial charge in [0.25, 0.3) is 0 Å². The van der Waals surface area contributed by atoms with Gasteiger partial charge in [-0.05, 0) is 60.6 Å². The largest absolute Gasteiger partial charge is 0.342 e. The van der Waals surface area contributed by atoms with Gasteiger partial charge in [-0.1, -0.05) is 25.3 Å². The third-order valence-corrected chi connectivity index (χ3v) is 6.59. The number of thioether (sulfide) groups is 1. The second kappa shape index (κ2) is 8.92. The molecule has 2 aliphatic rings. The van der Waals surface area contributed by atoms with Crippen LogP contribution >= 0.6 is 11.8 Å². The number of aromatic nitrogens is 1. The van der Waals surface area contributed by atoms with E-state index in [4.69, 9.17) is 4.99 Å². The molecule has 4 nitrogen and oxygen atoms in total. The number of nitrogens with zero attached hydrogens (tertiary/aromatic N) is 4. The lowest BCUT2D eigenvalue weighted by Gasteiger charge is -2.40. The van der Waals surface area contributed by atoms with Gasteiger partial charge in [-0.3, -0.25) is 4.98 Å². The molecule has 0 amide bonds. The summed E-state index contributed by atoms with van der Waals surface area (Å²) in [7, 11) is 2.04. The first-order chi connectivity index (χ1) is 14.6.